The van der Waals surface area contributed by atoms with Gasteiger partial charge in [-0.2, -0.15) is 0 Å². The van der Waals surface area contributed by atoms with Crippen molar-refractivity contribution in [2.75, 3.05) is 43.9 Å². The van der Waals surface area contributed by atoms with Crippen molar-refractivity contribution >= 4 is 17.1 Å². The minimum atomic E-state index is -0.434. The third-order valence-electron chi connectivity index (χ3n) is 3.39. The van der Waals surface area contributed by atoms with Crippen molar-refractivity contribution in [1.82, 2.24) is 4.90 Å². The van der Waals surface area contributed by atoms with E-state index in [0.29, 0.717) is 0 Å². The smallest absolute Gasteiger partial charge is 0.292 e. The second kappa shape index (κ2) is 4.81. The molecule has 0 bridgehead atoms. The van der Waals surface area contributed by atoms with E-state index in [1.807, 2.05) is 6.92 Å². The number of hydrogen-bond donors (Lipinski definition) is 1. The number of aryl methyl sites for hydroxylation is 1. The van der Waals surface area contributed by atoms with Crippen LogP contribution in [0, 0.1) is 17.0 Å². The third-order valence-corrected chi connectivity index (χ3v) is 3.39. The number of nitrogens with two attached hydrogens (primary N) is 1. The fraction of sp³-hybridized carbons (Fsp3) is 0.500. The Balaban J connectivity index is 2.29. The highest BCUT2D eigenvalue weighted by atomic mass is 16.6. The SMILES string of the molecule is Cc1cc([N+](=O)[O-])c(N)cc1N1CCN(C)CC1. The van der Waals surface area contributed by atoms with Gasteiger partial charge in [0, 0.05) is 37.9 Å². The monoisotopic (exact) mass is 250 g/mol. The number of anilines is 2. The summed E-state index contributed by atoms with van der Waals surface area (Å²) in [5, 5.41) is 10.8. The summed E-state index contributed by atoms with van der Waals surface area (Å²) in [5.74, 6) is 0. The molecule has 1 fully saturated rings. The van der Waals surface area contributed by atoms with Crippen molar-refractivity contribution in [3.8, 4) is 0 Å². The quantitative estimate of drug-likeness (QED) is 0.485. The van der Waals surface area contributed by atoms with Crippen LogP contribution in [0.1, 0.15) is 5.56 Å². The first-order valence-electron chi connectivity index (χ1n) is 5.97. The van der Waals surface area contributed by atoms with Crippen LogP contribution in [0.4, 0.5) is 17.1 Å². The normalized spacial score (nSPS) is 16.9. The van der Waals surface area contributed by atoms with Crippen LogP contribution in [0.3, 0.4) is 0 Å². The molecule has 0 unspecified atom stereocenters. The van der Waals surface area contributed by atoms with Crippen LogP contribution in [0.2, 0.25) is 0 Å². The summed E-state index contributed by atoms with van der Waals surface area (Å²) < 4.78 is 0. The van der Waals surface area contributed by atoms with E-state index in [4.69, 9.17) is 5.73 Å². The molecule has 0 saturated carbocycles. The maximum Gasteiger partial charge on any atom is 0.292 e. The number of benzene rings is 1. The molecule has 1 aromatic carbocycles. The molecule has 2 rings (SSSR count). The molecule has 0 aliphatic carbocycles. The third kappa shape index (κ3) is 2.38. The van der Waals surface area contributed by atoms with Gasteiger partial charge in [-0.15, -0.1) is 0 Å². The maximum absolute atomic E-state index is 10.8. The zero-order chi connectivity index (χ0) is 13.3. The van der Waals surface area contributed by atoms with Gasteiger partial charge in [-0.1, -0.05) is 0 Å². The van der Waals surface area contributed by atoms with E-state index < -0.39 is 4.92 Å². The van der Waals surface area contributed by atoms with E-state index in [0.717, 1.165) is 37.4 Å². The highest BCUT2D eigenvalue weighted by Gasteiger charge is 2.20. The fourth-order valence-electron chi connectivity index (χ4n) is 2.24. The molecule has 0 atom stereocenters. The molecule has 1 heterocycles. The molecule has 1 saturated heterocycles. The number of hydrogen-bond acceptors (Lipinski definition) is 5. The Morgan fingerprint density at radius 1 is 1.28 bits per heavy atom. The number of nitrogens with zero attached hydrogens (tertiary/aromatic N) is 3. The van der Waals surface area contributed by atoms with Crippen molar-refractivity contribution in [3.05, 3.63) is 27.8 Å². The molecule has 1 aliphatic heterocycles. The molecule has 2 N–H and O–H groups in total. The summed E-state index contributed by atoms with van der Waals surface area (Å²) in [6.45, 7) is 5.73. The van der Waals surface area contributed by atoms with E-state index in [-0.39, 0.29) is 11.4 Å². The zero-order valence-corrected chi connectivity index (χ0v) is 10.7. The van der Waals surface area contributed by atoms with Crippen molar-refractivity contribution in [3.63, 3.8) is 0 Å². The van der Waals surface area contributed by atoms with Gasteiger partial charge in [0.05, 0.1) is 4.92 Å². The number of nitro benzene ring substituents is 1. The molecule has 0 radical (unpaired) electrons. The molecule has 0 spiro atoms. The van der Waals surface area contributed by atoms with Crippen molar-refractivity contribution < 1.29 is 4.92 Å². The molecule has 1 aliphatic rings. The summed E-state index contributed by atoms with van der Waals surface area (Å²) >= 11 is 0. The lowest BCUT2D eigenvalue weighted by Gasteiger charge is -2.35. The highest BCUT2D eigenvalue weighted by Crippen LogP contribution is 2.31. The van der Waals surface area contributed by atoms with Gasteiger partial charge in [-0.05, 0) is 25.6 Å². The topological polar surface area (TPSA) is 75.6 Å². The van der Waals surface area contributed by atoms with Gasteiger partial charge >= 0.3 is 0 Å². The van der Waals surface area contributed by atoms with Crippen LogP contribution in [0.5, 0.6) is 0 Å². The van der Waals surface area contributed by atoms with Crippen LogP contribution in [-0.4, -0.2) is 43.0 Å². The van der Waals surface area contributed by atoms with Gasteiger partial charge in [0.1, 0.15) is 5.69 Å². The van der Waals surface area contributed by atoms with Crippen LogP contribution >= 0.6 is 0 Å². The first kappa shape index (κ1) is 12.6. The molecular formula is C12H18N4O2. The number of rotatable bonds is 2. The van der Waals surface area contributed by atoms with Crippen LogP contribution < -0.4 is 10.6 Å². The molecule has 98 valence electrons. The Morgan fingerprint density at radius 3 is 2.44 bits per heavy atom. The number of nitrogen functional groups attached to an aromatic ring is 1. The van der Waals surface area contributed by atoms with Gasteiger partial charge in [0.2, 0.25) is 0 Å². The van der Waals surface area contributed by atoms with Crippen molar-refractivity contribution in [2.45, 2.75) is 6.92 Å². The minimum Gasteiger partial charge on any atom is -0.393 e. The first-order chi connectivity index (χ1) is 8.49. The predicted molar refractivity (Wildman–Crippen MR) is 72.0 cm³/mol. The summed E-state index contributed by atoms with van der Waals surface area (Å²) in [5.41, 5.74) is 7.88. The summed E-state index contributed by atoms with van der Waals surface area (Å²) in [6, 6.07) is 3.28. The van der Waals surface area contributed by atoms with E-state index >= 15 is 0 Å². The molecule has 0 amide bonds. The lowest BCUT2D eigenvalue weighted by molar-refractivity contribution is -0.383. The number of nitro groups is 1. The molecule has 18 heavy (non-hydrogen) atoms. The van der Waals surface area contributed by atoms with Crippen molar-refractivity contribution in [2.24, 2.45) is 0 Å². The Morgan fingerprint density at radius 2 is 1.89 bits per heavy atom. The second-order valence-electron chi connectivity index (χ2n) is 4.74. The molecule has 6 nitrogen and oxygen atoms in total. The summed E-state index contributed by atoms with van der Waals surface area (Å²) in [4.78, 5) is 14.9. The van der Waals surface area contributed by atoms with E-state index in [2.05, 4.69) is 16.8 Å². The Bertz CT molecular complexity index is 467. The second-order valence-corrected chi connectivity index (χ2v) is 4.74. The standard InChI is InChI=1S/C12H18N4O2/c1-9-7-12(16(17)18)10(13)8-11(9)15-5-3-14(2)4-6-15/h7-8H,3-6,13H2,1-2H3. The Labute approximate surface area is 106 Å². The average Bonchev–Trinajstić information content (AvgIpc) is 2.32. The Hall–Kier alpha value is -1.82. The van der Waals surface area contributed by atoms with E-state index in [1.54, 1.807) is 12.1 Å². The molecule has 6 heteroatoms. The van der Waals surface area contributed by atoms with Crippen LogP contribution in [0.25, 0.3) is 0 Å². The Kier molecular flexibility index (Phi) is 3.38. The summed E-state index contributed by atoms with van der Waals surface area (Å²) in [6.07, 6.45) is 0. The van der Waals surface area contributed by atoms with Gasteiger partial charge < -0.3 is 15.5 Å². The van der Waals surface area contributed by atoms with Gasteiger partial charge in [-0.25, -0.2) is 0 Å². The highest BCUT2D eigenvalue weighted by molar-refractivity contribution is 5.70. The molecule has 1 aromatic rings. The maximum atomic E-state index is 10.8. The van der Waals surface area contributed by atoms with E-state index in [1.165, 1.54) is 0 Å². The summed E-state index contributed by atoms with van der Waals surface area (Å²) in [7, 11) is 2.09. The van der Waals surface area contributed by atoms with Gasteiger partial charge in [0.15, 0.2) is 0 Å². The number of piperazine rings is 1. The van der Waals surface area contributed by atoms with Gasteiger partial charge in [0.25, 0.3) is 5.69 Å². The zero-order valence-electron chi connectivity index (χ0n) is 10.7. The minimum absolute atomic E-state index is 0.00891. The molecule has 0 aromatic heterocycles. The van der Waals surface area contributed by atoms with Crippen molar-refractivity contribution in [1.29, 1.82) is 0 Å². The number of likely N-dealkylation sites (N-methyl/N-ethyl adjacent to an activating group) is 1. The predicted octanol–water partition coefficient (Wildman–Crippen LogP) is 1.24. The first-order valence-corrected chi connectivity index (χ1v) is 5.97. The van der Waals surface area contributed by atoms with E-state index in [9.17, 15) is 10.1 Å². The fourth-order valence-corrected chi connectivity index (χ4v) is 2.24. The molecular weight excluding hydrogens is 232 g/mol. The van der Waals surface area contributed by atoms with Crippen LogP contribution in [-0.2, 0) is 0 Å². The lowest BCUT2D eigenvalue weighted by Crippen LogP contribution is -2.44. The largest absolute Gasteiger partial charge is 0.393 e. The average molecular weight is 250 g/mol. The van der Waals surface area contributed by atoms with Gasteiger partial charge in [-0.3, -0.25) is 10.1 Å². The van der Waals surface area contributed by atoms with Crippen LogP contribution in [0.15, 0.2) is 12.1 Å². The lowest BCUT2D eigenvalue weighted by atomic mass is 10.1.